The Morgan fingerprint density at radius 3 is 2.90 bits per heavy atom. The lowest BCUT2D eigenvalue weighted by Gasteiger charge is -2.17. The second-order valence-corrected chi connectivity index (χ2v) is 8.34. The Hall–Kier alpha value is -3.35. The summed E-state index contributed by atoms with van der Waals surface area (Å²) in [7, 11) is 0. The summed E-state index contributed by atoms with van der Waals surface area (Å²) in [5.41, 5.74) is 3.93. The molecule has 0 amide bonds. The molecule has 2 aromatic heterocycles. The number of carboxylic acid groups (broad SMARTS) is 1. The van der Waals surface area contributed by atoms with Crippen molar-refractivity contribution >= 4 is 11.7 Å². The number of carboxylic acids is 1. The van der Waals surface area contributed by atoms with E-state index in [9.17, 15) is 9.90 Å². The smallest absolute Gasteiger partial charge is 0.304 e. The second-order valence-electron chi connectivity index (χ2n) is 8.34. The second kappa shape index (κ2) is 8.06. The SMILES string of the molecule is O=C(O)CC1(c2cnco2)CC1c1ccc(OCCc2ccc3c(n2)CCCN3)cc1. The number of nitrogens with one attached hydrogen (secondary N) is 1. The summed E-state index contributed by atoms with van der Waals surface area (Å²) in [4.78, 5) is 20.1. The van der Waals surface area contributed by atoms with E-state index in [1.807, 2.05) is 24.3 Å². The van der Waals surface area contributed by atoms with E-state index in [2.05, 4.69) is 22.4 Å². The molecular formula is C24H25N3O4. The minimum absolute atomic E-state index is 0.0361. The van der Waals surface area contributed by atoms with Gasteiger partial charge in [0.05, 0.1) is 30.6 Å². The number of fused-ring (bicyclic) bond motifs is 1. The molecule has 3 heterocycles. The molecule has 2 N–H and O–H groups in total. The first-order valence-electron chi connectivity index (χ1n) is 10.7. The molecule has 0 radical (unpaired) electrons. The van der Waals surface area contributed by atoms with E-state index < -0.39 is 11.4 Å². The molecule has 160 valence electrons. The van der Waals surface area contributed by atoms with Gasteiger partial charge in [-0.15, -0.1) is 0 Å². The molecule has 7 heteroatoms. The molecular weight excluding hydrogens is 394 g/mol. The molecule has 2 atom stereocenters. The summed E-state index contributed by atoms with van der Waals surface area (Å²) in [6.07, 6.45) is 6.67. The van der Waals surface area contributed by atoms with Crippen LogP contribution in [0.3, 0.4) is 0 Å². The van der Waals surface area contributed by atoms with Gasteiger partial charge in [0.15, 0.2) is 6.39 Å². The number of pyridine rings is 1. The van der Waals surface area contributed by atoms with Gasteiger partial charge in [-0.25, -0.2) is 4.98 Å². The number of aryl methyl sites for hydroxylation is 1. The summed E-state index contributed by atoms with van der Waals surface area (Å²) in [6, 6.07) is 12.1. The van der Waals surface area contributed by atoms with Crippen molar-refractivity contribution in [2.45, 2.75) is 43.4 Å². The molecule has 3 aromatic rings. The molecule has 2 aliphatic rings. The molecule has 0 spiro atoms. The van der Waals surface area contributed by atoms with Crippen LogP contribution in [0, 0.1) is 0 Å². The first kappa shape index (κ1) is 19.6. The lowest BCUT2D eigenvalue weighted by Crippen LogP contribution is -2.15. The normalized spacial score (nSPS) is 21.7. The van der Waals surface area contributed by atoms with Crippen molar-refractivity contribution in [3.8, 4) is 5.75 Å². The molecule has 1 aliphatic carbocycles. The Morgan fingerprint density at radius 2 is 2.13 bits per heavy atom. The van der Waals surface area contributed by atoms with Crippen LogP contribution in [-0.2, 0) is 23.1 Å². The molecule has 1 aromatic carbocycles. The summed E-state index contributed by atoms with van der Waals surface area (Å²) < 4.78 is 11.4. The average Bonchev–Trinajstić information content (AvgIpc) is 3.21. The van der Waals surface area contributed by atoms with Crippen LogP contribution < -0.4 is 10.1 Å². The minimum Gasteiger partial charge on any atom is -0.493 e. The summed E-state index contributed by atoms with van der Waals surface area (Å²) >= 11 is 0. The van der Waals surface area contributed by atoms with Gasteiger partial charge in [0, 0.05) is 24.1 Å². The lowest BCUT2D eigenvalue weighted by molar-refractivity contribution is -0.137. The minimum atomic E-state index is -0.828. The third kappa shape index (κ3) is 4.00. The van der Waals surface area contributed by atoms with Gasteiger partial charge in [-0.3, -0.25) is 9.78 Å². The van der Waals surface area contributed by atoms with Gasteiger partial charge in [0.25, 0.3) is 0 Å². The van der Waals surface area contributed by atoms with E-state index in [1.165, 1.54) is 6.39 Å². The van der Waals surface area contributed by atoms with E-state index in [4.69, 9.17) is 14.1 Å². The number of aliphatic carboxylic acids is 1. The Bertz CT molecular complexity index is 1060. The molecule has 2 unspecified atom stereocenters. The van der Waals surface area contributed by atoms with Crippen LogP contribution in [0.2, 0.25) is 0 Å². The van der Waals surface area contributed by atoms with Gasteiger partial charge in [0.1, 0.15) is 11.5 Å². The summed E-state index contributed by atoms with van der Waals surface area (Å²) in [5.74, 6) is 0.727. The van der Waals surface area contributed by atoms with E-state index in [0.29, 0.717) is 12.4 Å². The number of anilines is 1. The Labute approximate surface area is 180 Å². The maximum atomic E-state index is 11.4. The highest BCUT2D eigenvalue weighted by Crippen LogP contribution is 2.62. The highest BCUT2D eigenvalue weighted by Gasteiger charge is 2.59. The average molecular weight is 419 g/mol. The maximum Gasteiger partial charge on any atom is 0.304 e. The Morgan fingerprint density at radius 1 is 1.26 bits per heavy atom. The van der Waals surface area contributed by atoms with Gasteiger partial charge < -0.3 is 19.6 Å². The number of oxazole rings is 1. The first-order chi connectivity index (χ1) is 15.1. The summed E-state index contributed by atoms with van der Waals surface area (Å²) in [5, 5.41) is 12.7. The standard InChI is InChI=1S/C24H25N3O4/c28-23(29)13-24(22-14-25-15-31-22)12-19(24)16-3-6-18(7-4-16)30-11-9-17-5-8-20-21(27-17)2-1-10-26-20/h3-8,14-15,19,26H,1-2,9-13H2,(H,28,29). The molecule has 0 saturated heterocycles. The predicted molar refractivity (Wildman–Crippen MR) is 114 cm³/mol. The van der Waals surface area contributed by atoms with Crippen molar-refractivity contribution < 1.29 is 19.1 Å². The van der Waals surface area contributed by atoms with Gasteiger partial charge in [-0.1, -0.05) is 12.1 Å². The lowest BCUT2D eigenvalue weighted by atomic mass is 9.93. The maximum absolute atomic E-state index is 11.4. The van der Waals surface area contributed by atoms with Crippen molar-refractivity contribution in [3.63, 3.8) is 0 Å². The molecule has 0 bridgehead atoms. The van der Waals surface area contributed by atoms with Gasteiger partial charge in [-0.05, 0) is 55.0 Å². The highest BCUT2D eigenvalue weighted by molar-refractivity contribution is 5.70. The topological polar surface area (TPSA) is 97.5 Å². The molecule has 5 rings (SSSR count). The van der Waals surface area contributed by atoms with Crippen LogP contribution >= 0.6 is 0 Å². The molecule has 1 fully saturated rings. The molecule has 1 aliphatic heterocycles. The number of rotatable bonds is 8. The fraction of sp³-hybridized carbons (Fsp3) is 0.375. The number of benzene rings is 1. The molecule has 1 saturated carbocycles. The van der Waals surface area contributed by atoms with Crippen LogP contribution in [0.1, 0.15) is 47.9 Å². The summed E-state index contributed by atoms with van der Waals surface area (Å²) in [6.45, 7) is 1.58. The number of aromatic nitrogens is 2. The number of nitrogens with zero attached hydrogens (tertiary/aromatic N) is 2. The zero-order chi connectivity index (χ0) is 21.3. The van der Waals surface area contributed by atoms with E-state index >= 15 is 0 Å². The van der Waals surface area contributed by atoms with Crippen molar-refractivity contribution in [1.82, 2.24) is 9.97 Å². The zero-order valence-electron chi connectivity index (χ0n) is 17.2. The van der Waals surface area contributed by atoms with E-state index in [0.717, 1.165) is 60.6 Å². The molecule has 31 heavy (non-hydrogen) atoms. The van der Waals surface area contributed by atoms with Crippen molar-refractivity contribution in [2.24, 2.45) is 0 Å². The van der Waals surface area contributed by atoms with Crippen molar-refractivity contribution in [3.05, 3.63) is 71.7 Å². The van der Waals surface area contributed by atoms with Gasteiger partial charge in [-0.2, -0.15) is 0 Å². The largest absolute Gasteiger partial charge is 0.493 e. The Balaban J connectivity index is 1.19. The Kier molecular flexibility index (Phi) is 5.10. The van der Waals surface area contributed by atoms with Crippen LogP contribution in [0.15, 0.2) is 53.4 Å². The van der Waals surface area contributed by atoms with Crippen LogP contribution in [0.4, 0.5) is 5.69 Å². The van der Waals surface area contributed by atoms with Gasteiger partial charge >= 0.3 is 5.97 Å². The van der Waals surface area contributed by atoms with Gasteiger partial charge in [0.2, 0.25) is 0 Å². The zero-order valence-corrected chi connectivity index (χ0v) is 17.2. The number of hydrogen-bond donors (Lipinski definition) is 2. The fourth-order valence-electron chi connectivity index (χ4n) is 4.61. The van der Waals surface area contributed by atoms with Crippen LogP contribution in [0.5, 0.6) is 5.75 Å². The number of hydrogen-bond acceptors (Lipinski definition) is 6. The highest BCUT2D eigenvalue weighted by atomic mass is 16.5. The number of carbonyl (C=O) groups is 1. The predicted octanol–water partition coefficient (Wildman–Crippen LogP) is 3.95. The first-order valence-corrected chi connectivity index (χ1v) is 10.7. The van der Waals surface area contributed by atoms with Crippen molar-refractivity contribution in [2.75, 3.05) is 18.5 Å². The van der Waals surface area contributed by atoms with Crippen LogP contribution in [-0.4, -0.2) is 34.2 Å². The monoisotopic (exact) mass is 419 g/mol. The third-order valence-electron chi connectivity index (χ3n) is 6.31. The fourth-order valence-corrected chi connectivity index (χ4v) is 4.61. The van der Waals surface area contributed by atoms with Crippen molar-refractivity contribution in [1.29, 1.82) is 0 Å². The quantitative estimate of drug-likeness (QED) is 0.570. The molecule has 7 nitrogen and oxygen atoms in total. The third-order valence-corrected chi connectivity index (χ3v) is 6.31. The van der Waals surface area contributed by atoms with E-state index in [-0.39, 0.29) is 12.3 Å². The van der Waals surface area contributed by atoms with E-state index in [1.54, 1.807) is 6.20 Å². The number of ether oxygens (including phenoxy) is 1. The van der Waals surface area contributed by atoms with Crippen LogP contribution in [0.25, 0.3) is 0 Å².